The summed E-state index contributed by atoms with van der Waals surface area (Å²) < 4.78 is 37.9. The summed E-state index contributed by atoms with van der Waals surface area (Å²) in [5, 5.41) is 13.5. The number of ether oxygens (including phenoxy) is 2. The van der Waals surface area contributed by atoms with Crippen LogP contribution in [-0.2, 0) is 29.1 Å². The van der Waals surface area contributed by atoms with E-state index in [1.165, 1.54) is 21.2 Å². The number of carbonyl (C=O) groups is 4. The highest BCUT2D eigenvalue weighted by atomic mass is 32.2. The SMILES string of the molecule is COC(=O)c1sccc1S(=O)(=O)N1C[C@H]2C[C@@H]1C(=O)N2C[C@H](NC(=O)OC(C)(C)C)C(=O)N1CCC[C@H]1C#N. The predicted octanol–water partition coefficient (Wildman–Crippen LogP) is 0.916. The van der Waals surface area contributed by atoms with Crippen molar-refractivity contribution in [2.75, 3.05) is 26.7 Å². The lowest BCUT2D eigenvalue weighted by Crippen LogP contribution is -2.59. The van der Waals surface area contributed by atoms with Crippen molar-refractivity contribution in [2.45, 2.75) is 74.7 Å². The van der Waals surface area contributed by atoms with Crippen LogP contribution in [0.1, 0.15) is 49.7 Å². The van der Waals surface area contributed by atoms with Gasteiger partial charge in [-0.1, -0.05) is 0 Å². The van der Waals surface area contributed by atoms with Crippen molar-refractivity contribution in [3.8, 4) is 6.07 Å². The fourth-order valence-electron chi connectivity index (χ4n) is 5.18. The smallest absolute Gasteiger partial charge is 0.408 e. The van der Waals surface area contributed by atoms with Gasteiger partial charge in [-0.3, -0.25) is 9.59 Å². The Kier molecular flexibility index (Phi) is 7.93. The van der Waals surface area contributed by atoms with Gasteiger partial charge in [0.05, 0.1) is 19.7 Å². The summed E-state index contributed by atoms with van der Waals surface area (Å²) in [6.07, 6.45) is 0.507. The van der Waals surface area contributed by atoms with Gasteiger partial charge in [0, 0.05) is 19.1 Å². The van der Waals surface area contributed by atoms with E-state index in [0.29, 0.717) is 19.4 Å². The Morgan fingerprint density at radius 2 is 2.03 bits per heavy atom. The lowest BCUT2D eigenvalue weighted by atomic mass is 10.1. The summed E-state index contributed by atoms with van der Waals surface area (Å²) in [6.45, 7) is 5.13. The van der Waals surface area contributed by atoms with E-state index < -0.39 is 63.7 Å². The van der Waals surface area contributed by atoms with Crippen molar-refractivity contribution < 1.29 is 37.1 Å². The van der Waals surface area contributed by atoms with Crippen LogP contribution in [0.2, 0.25) is 0 Å². The van der Waals surface area contributed by atoms with E-state index in [4.69, 9.17) is 9.47 Å². The first-order valence-electron chi connectivity index (χ1n) is 12.5. The lowest BCUT2D eigenvalue weighted by molar-refractivity contribution is -0.138. The number of esters is 1. The van der Waals surface area contributed by atoms with Crippen LogP contribution in [0.3, 0.4) is 0 Å². The van der Waals surface area contributed by atoms with Crippen molar-refractivity contribution in [1.29, 1.82) is 5.26 Å². The number of methoxy groups -OCH3 is 1. The number of alkyl carbamates (subject to hydrolysis) is 1. The van der Waals surface area contributed by atoms with Crippen LogP contribution >= 0.6 is 11.3 Å². The molecule has 4 atom stereocenters. The molecule has 3 saturated heterocycles. The minimum Gasteiger partial charge on any atom is -0.465 e. The second-order valence-electron chi connectivity index (χ2n) is 10.6. The standard InChI is InChI=1S/C24H31N5O8S2/c1-24(2,3)37-23(33)26-16(20(30)27-8-5-6-14(27)11-25)13-28-15-10-17(21(28)31)29(12-15)39(34,35)18-7-9-38-19(18)22(32)36-4/h7,9,14-17H,5-6,8,10,12-13H2,1-4H3,(H,26,33)/t14-,15+,16-,17+/m0/s1. The molecule has 3 fully saturated rings. The molecule has 1 aromatic rings. The minimum atomic E-state index is -4.18. The molecule has 1 N–H and O–H groups in total. The van der Waals surface area contributed by atoms with Gasteiger partial charge in [0.1, 0.15) is 33.5 Å². The number of piperazine rings is 1. The van der Waals surface area contributed by atoms with E-state index in [1.807, 2.05) is 0 Å². The van der Waals surface area contributed by atoms with Crippen LogP contribution < -0.4 is 5.32 Å². The molecule has 15 heteroatoms. The predicted molar refractivity (Wildman–Crippen MR) is 137 cm³/mol. The zero-order valence-electron chi connectivity index (χ0n) is 22.1. The van der Waals surface area contributed by atoms with Gasteiger partial charge in [-0.25, -0.2) is 18.0 Å². The van der Waals surface area contributed by atoms with Crippen molar-refractivity contribution in [2.24, 2.45) is 0 Å². The molecule has 0 aromatic carbocycles. The van der Waals surface area contributed by atoms with Crippen LogP contribution in [0.4, 0.5) is 4.79 Å². The van der Waals surface area contributed by atoms with Crippen molar-refractivity contribution in [3.05, 3.63) is 16.3 Å². The van der Waals surface area contributed by atoms with Crippen molar-refractivity contribution in [1.82, 2.24) is 19.4 Å². The minimum absolute atomic E-state index is 0.0346. The first-order chi connectivity index (χ1) is 18.3. The van der Waals surface area contributed by atoms with E-state index in [2.05, 4.69) is 11.4 Å². The van der Waals surface area contributed by atoms with E-state index in [-0.39, 0.29) is 29.3 Å². The second-order valence-corrected chi connectivity index (χ2v) is 13.4. The zero-order chi connectivity index (χ0) is 28.7. The van der Waals surface area contributed by atoms with Gasteiger partial charge in [0.2, 0.25) is 21.8 Å². The molecule has 3 aliphatic heterocycles. The van der Waals surface area contributed by atoms with Crippen LogP contribution in [0.25, 0.3) is 0 Å². The molecule has 0 radical (unpaired) electrons. The number of fused-ring (bicyclic) bond motifs is 2. The number of nitrogens with one attached hydrogen (secondary N) is 1. The molecular weight excluding hydrogens is 550 g/mol. The van der Waals surface area contributed by atoms with Crippen molar-refractivity contribution in [3.63, 3.8) is 0 Å². The maximum atomic E-state index is 13.4. The number of carbonyl (C=O) groups excluding carboxylic acids is 4. The van der Waals surface area contributed by atoms with E-state index >= 15 is 0 Å². The number of amides is 3. The number of likely N-dealkylation sites (tertiary alicyclic amines) is 2. The summed E-state index contributed by atoms with van der Waals surface area (Å²) in [4.78, 5) is 54.0. The summed E-state index contributed by atoms with van der Waals surface area (Å²) in [5.74, 6) is -1.80. The summed E-state index contributed by atoms with van der Waals surface area (Å²) >= 11 is 0.931. The normalized spacial score (nSPS) is 24.0. The number of hydrogen-bond donors (Lipinski definition) is 1. The number of hydrogen-bond acceptors (Lipinski definition) is 10. The van der Waals surface area contributed by atoms with E-state index in [0.717, 1.165) is 22.8 Å². The molecular formula is C24H31N5O8S2. The van der Waals surface area contributed by atoms with E-state index in [9.17, 15) is 32.9 Å². The highest BCUT2D eigenvalue weighted by Gasteiger charge is 2.55. The number of sulfonamides is 1. The fourth-order valence-corrected chi connectivity index (χ4v) is 8.12. The van der Waals surface area contributed by atoms with Crippen LogP contribution in [-0.4, -0.2) is 103 Å². The molecule has 2 bridgehead atoms. The number of nitriles is 1. The third kappa shape index (κ3) is 5.59. The molecule has 3 aliphatic rings. The van der Waals surface area contributed by atoms with Crippen LogP contribution in [0.5, 0.6) is 0 Å². The highest BCUT2D eigenvalue weighted by Crippen LogP contribution is 2.38. The van der Waals surface area contributed by atoms with Gasteiger partial charge >= 0.3 is 12.1 Å². The molecule has 0 saturated carbocycles. The average molecular weight is 582 g/mol. The molecule has 3 amide bonds. The lowest BCUT2D eigenvalue weighted by Gasteiger charge is -2.36. The Morgan fingerprint density at radius 3 is 2.64 bits per heavy atom. The molecule has 1 aromatic heterocycles. The molecule has 4 rings (SSSR count). The van der Waals surface area contributed by atoms with Crippen LogP contribution in [0.15, 0.2) is 16.3 Å². The Morgan fingerprint density at radius 1 is 1.31 bits per heavy atom. The third-order valence-corrected chi connectivity index (χ3v) is 9.82. The monoisotopic (exact) mass is 581 g/mol. The van der Waals surface area contributed by atoms with Gasteiger partial charge in [0.15, 0.2) is 0 Å². The topological polar surface area (TPSA) is 166 Å². The molecule has 13 nitrogen and oxygen atoms in total. The number of nitrogens with zero attached hydrogens (tertiary/aromatic N) is 4. The van der Waals surface area contributed by atoms with Gasteiger partial charge in [-0.05, 0) is 51.5 Å². The molecule has 0 aliphatic carbocycles. The maximum absolute atomic E-state index is 13.4. The Balaban J connectivity index is 1.54. The van der Waals surface area contributed by atoms with Crippen LogP contribution in [0, 0.1) is 11.3 Å². The van der Waals surface area contributed by atoms with E-state index in [1.54, 1.807) is 20.8 Å². The molecule has 0 unspecified atom stereocenters. The highest BCUT2D eigenvalue weighted by molar-refractivity contribution is 7.89. The quantitative estimate of drug-likeness (QED) is 0.461. The molecule has 4 heterocycles. The Bertz CT molecular complexity index is 1310. The number of rotatable bonds is 7. The molecule has 39 heavy (non-hydrogen) atoms. The largest absolute Gasteiger partial charge is 0.465 e. The number of thiophene rings is 1. The summed E-state index contributed by atoms with van der Waals surface area (Å²) in [5.41, 5.74) is -0.831. The van der Waals surface area contributed by atoms with Gasteiger partial charge in [0.25, 0.3) is 0 Å². The summed E-state index contributed by atoms with van der Waals surface area (Å²) in [7, 11) is -3.03. The Labute approximate surface area is 230 Å². The maximum Gasteiger partial charge on any atom is 0.408 e. The third-order valence-electron chi connectivity index (χ3n) is 6.88. The zero-order valence-corrected chi connectivity index (χ0v) is 23.7. The fraction of sp³-hybridized carbons (Fsp3) is 0.625. The first kappa shape index (κ1) is 28.8. The molecule has 212 valence electrons. The van der Waals surface area contributed by atoms with Gasteiger partial charge < -0.3 is 24.6 Å². The first-order valence-corrected chi connectivity index (χ1v) is 14.8. The Hall–Kier alpha value is -3.22. The van der Waals surface area contributed by atoms with Gasteiger partial charge in [-0.15, -0.1) is 11.3 Å². The average Bonchev–Trinajstić information content (AvgIpc) is 3.66. The van der Waals surface area contributed by atoms with Gasteiger partial charge in [-0.2, -0.15) is 9.57 Å². The second kappa shape index (κ2) is 10.7. The van der Waals surface area contributed by atoms with Crippen molar-refractivity contribution >= 4 is 45.2 Å². The molecule has 0 spiro atoms. The summed E-state index contributed by atoms with van der Waals surface area (Å²) in [6, 6.07) is 0.0224.